The number of guanidine groups is 4. The van der Waals surface area contributed by atoms with E-state index in [1.807, 2.05) is 0 Å². The molecular formula is C28H56N14O4. The summed E-state index contributed by atoms with van der Waals surface area (Å²) < 4.78 is 0. The molecule has 18 nitrogen and oxygen atoms in total. The van der Waals surface area contributed by atoms with Crippen LogP contribution in [0.1, 0.15) is 78.1 Å². The van der Waals surface area contributed by atoms with Gasteiger partial charge < -0.3 is 56.5 Å². The first-order chi connectivity index (χ1) is 21.7. The van der Waals surface area contributed by atoms with Crippen LogP contribution in [0.5, 0.6) is 0 Å². The molecule has 4 unspecified atom stereocenters. The van der Waals surface area contributed by atoms with E-state index in [4.69, 9.17) is 45.9 Å². The van der Waals surface area contributed by atoms with E-state index in [2.05, 4.69) is 30.6 Å². The van der Waals surface area contributed by atoms with Crippen LogP contribution in [0.3, 0.4) is 0 Å². The van der Waals surface area contributed by atoms with Crippen LogP contribution in [0.2, 0.25) is 0 Å². The molecule has 0 bridgehead atoms. The van der Waals surface area contributed by atoms with Crippen LogP contribution in [0, 0.1) is 11.8 Å². The molecule has 0 spiro atoms. The fraction of sp³-hybridized carbons (Fsp3) is 0.714. The number of rotatable bonds is 25. The molecule has 18 N–H and O–H groups in total. The Labute approximate surface area is 271 Å². The van der Waals surface area contributed by atoms with E-state index in [1.54, 1.807) is 13.8 Å². The first kappa shape index (κ1) is 41.4. The van der Waals surface area contributed by atoms with Crippen molar-refractivity contribution in [3.63, 3.8) is 0 Å². The number of aliphatic imine (C=N–C) groups is 4. The lowest BCUT2D eigenvalue weighted by atomic mass is 9.90. The zero-order chi connectivity index (χ0) is 35.1. The van der Waals surface area contributed by atoms with Crippen molar-refractivity contribution in [2.45, 2.75) is 90.1 Å². The summed E-state index contributed by atoms with van der Waals surface area (Å²) >= 11 is 0. The SMILES string of the molecule is CCC(=O)C(CCCN=C(N)N)NC(=O)C(CCCN=C(N)N)CC(=O)C(CCCN=C(N)N)NC(=O)C(C)CCCN=C(N)N. The molecular weight excluding hydrogens is 596 g/mol. The lowest BCUT2D eigenvalue weighted by molar-refractivity contribution is -0.134. The van der Waals surface area contributed by atoms with Gasteiger partial charge in [0.25, 0.3) is 0 Å². The molecule has 18 heteroatoms. The summed E-state index contributed by atoms with van der Waals surface area (Å²) in [6, 6.07) is -1.68. The highest BCUT2D eigenvalue weighted by molar-refractivity contribution is 5.94. The topological polar surface area (TPSA) is 350 Å². The zero-order valence-corrected chi connectivity index (χ0v) is 27.2. The summed E-state index contributed by atoms with van der Waals surface area (Å²) in [5, 5.41) is 5.65. The van der Waals surface area contributed by atoms with Gasteiger partial charge in [0.2, 0.25) is 11.8 Å². The van der Waals surface area contributed by atoms with Crippen molar-refractivity contribution in [2.24, 2.45) is 77.7 Å². The van der Waals surface area contributed by atoms with E-state index in [1.165, 1.54) is 0 Å². The highest BCUT2D eigenvalue weighted by Gasteiger charge is 2.30. The largest absolute Gasteiger partial charge is 0.370 e. The number of amides is 2. The average Bonchev–Trinajstić information content (AvgIpc) is 2.98. The second kappa shape index (κ2) is 23.7. The minimum Gasteiger partial charge on any atom is -0.370 e. The number of ketones is 2. The fourth-order valence-electron chi connectivity index (χ4n) is 4.48. The van der Waals surface area contributed by atoms with Crippen LogP contribution in [-0.4, -0.2) is 85.5 Å². The van der Waals surface area contributed by atoms with Gasteiger partial charge in [-0.1, -0.05) is 13.8 Å². The van der Waals surface area contributed by atoms with E-state index in [0.717, 1.165) is 0 Å². The van der Waals surface area contributed by atoms with E-state index in [0.29, 0.717) is 51.6 Å². The van der Waals surface area contributed by atoms with Crippen LogP contribution < -0.4 is 56.5 Å². The number of Topliss-reactive ketones (excluding diaryl/α,β-unsaturated/α-hetero) is 2. The molecule has 0 aliphatic heterocycles. The van der Waals surface area contributed by atoms with Crippen molar-refractivity contribution in [3.8, 4) is 0 Å². The first-order valence-corrected chi connectivity index (χ1v) is 15.6. The quantitative estimate of drug-likeness (QED) is 0.0275. The minimum absolute atomic E-state index is 0.0308. The van der Waals surface area contributed by atoms with Gasteiger partial charge in [-0.05, 0) is 51.4 Å². The number of nitrogens with one attached hydrogen (secondary N) is 2. The Morgan fingerprint density at radius 1 is 0.543 bits per heavy atom. The second-order valence-corrected chi connectivity index (χ2v) is 11.0. The lowest BCUT2D eigenvalue weighted by Crippen LogP contribution is -2.47. The number of nitrogens with zero attached hydrogens (tertiary/aromatic N) is 4. The number of carbonyl (C=O) groups excluding carboxylic acids is 4. The van der Waals surface area contributed by atoms with E-state index in [-0.39, 0.29) is 80.1 Å². The molecule has 46 heavy (non-hydrogen) atoms. The molecule has 2 amide bonds. The summed E-state index contributed by atoms with van der Waals surface area (Å²) in [7, 11) is 0. The maximum Gasteiger partial charge on any atom is 0.224 e. The molecule has 0 radical (unpaired) electrons. The van der Waals surface area contributed by atoms with E-state index in [9.17, 15) is 19.2 Å². The molecule has 0 aliphatic carbocycles. The summed E-state index contributed by atoms with van der Waals surface area (Å²) in [6.07, 6.45) is 3.13. The van der Waals surface area contributed by atoms with Crippen molar-refractivity contribution in [1.29, 1.82) is 0 Å². The normalized spacial score (nSPS) is 13.2. The van der Waals surface area contributed by atoms with E-state index >= 15 is 0 Å². The zero-order valence-electron chi connectivity index (χ0n) is 27.2. The molecule has 0 fully saturated rings. The highest BCUT2D eigenvalue weighted by atomic mass is 16.2. The number of hydrogen-bond donors (Lipinski definition) is 10. The molecule has 0 saturated carbocycles. The molecule has 262 valence electrons. The predicted molar refractivity (Wildman–Crippen MR) is 181 cm³/mol. The summed E-state index contributed by atoms with van der Waals surface area (Å²) in [4.78, 5) is 68.7. The smallest absolute Gasteiger partial charge is 0.224 e. The molecule has 4 atom stereocenters. The van der Waals surface area contributed by atoms with Gasteiger partial charge in [0.15, 0.2) is 35.4 Å². The molecule has 0 rings (SSSR count). The Morgan fingerprint density at radius 2 is 0.913 bits per heavy atom. The third-order valence-electron chi connectivity index (χ3n) is 7.01. The van der Waals surface area contributed by atoms with Crippen molar-refractivity contribution in [1.82, 2.24) is 10.6 Å². The third kappa shape index (κ3) is 20.3. The van der Waals surface area contributed by atoms with Crippen molar-refractivity contribution in [3.05, 3.63) is 0 Å². The second-order valence-electron chi connectivity index (χ2n) is 11.0. The first-order valence-electron chi connectivity index (χ1n) is 15.6. The Morgan fingerprint density at radius 3 is 1.33 bits per heavy atom. The van der Waals surface area contributed by atoms with Gasteiger partial charge in [0, 0.05) is 50.9 Å². The summed E-state index contributed by atoms with van der Waals surface area (Å²) in [5.74, 6) is -2.84. The van der Waals surface area contributed by atoms with Crippen molar-refractivity contribution in [2.75, 3.05) is 26.2 Å². The van der Waals surface area contributed by atoms with E-state index < -0.39 is 29.8 Å². The Hall–Kier alpha value is -4.64. The number of hydrogen-bond acceptors (Lipinski definition) is 8. The standard InChI is InChI=1S/C28H56N14O4/c1-3-21(43)19(10-6-14-39-27(33)34)42-24(46)18(9-5-13-38-26(31)32)16-22(44)20(11-7-15-40-28(35)36)41-23(45)17(2)8-4-12-37-25(29)30/h17-20H,3-16H2,1-2H3,(H,41,45)(H,42,46)(H4,29,30,37)(H4,31,32,38)(H4,33,34,39)(H4,35,36,40). The average molecular weight is 653 g/mol. The van der Waals surface area contributed by atoms with Gasteiger partial charge in [0.05, 0.1) is 12.1 Å². The van der Waals surface area contributed by atoms with Crippen LogP contribution in [-0.2, 0) is 19.2 Å². The van der Waals surface area contributed by atoms with Crippen LogP contribution >= 0.6 is 0 Å². The minimum atomic E-state index is -0.900. The van der Waals surface area contributed by atoms with Crippen molar-refractivity contribution >= 4 is 47.2 Å². The van der Waals surface area contributed by atoms with Gasteiger partial charge in [0.1, 0.15) is 0 Å². The number of nitrogens with two attached hydrogens (primary N) is 8. The highest BCUT2D eigenvalue weighted by Crippen LogP contribution is 2.18. The van der Waals surface area contributed by atoms with Crippen molar-refractivity contribution < 1.29 is 19.2 Å². The lowest BCUT2D eigenvalue weighted by Gasteiger charge is -2.24. The molecule has 0 aromatic rings. The third-order valence-corrected chi connectivity index (χ3v) is 7.01. The molecule has 0 saturated heterocycles. The Kier molecular flexibility index (Phi) is 21.3. The molecule has 0 aromatic carbocycles. The van der Waals surface area contributed by atoms with Crippen LogP contribution in [0.4, 0.5) is 0 Å². The molecule has 0 aromatic heterocycles. The predicted octanol–water partition coefficient (Wildman–Crippen LogP) is -2.64. The van der Waals surface area contributed by atoms with Crippen LogP contribution in [0.25, 0.3) is 0 Å². The summed E-state index contributed by atoms with van der Waals surface area (Å²) in [6.45, 7) is 4.59. The fourth-order valence-corrected chi connectivity index (χ4v) is 4.48. The molecule has 0 heterocycles. The number of carbonyl (C=O) groups is 4. The van der Waals surface area contributed by atoms with Crippen LogP contribution in [0.15, 0.2) is 20.0 Å². The maximum atomic E-state index is 13.7. The van der Waals surface area contributed by atoms with Gasteiger partial charge in [-0.3, -0.25) is 39.1 Å². The summed E-state index contributed by atoms with van der Waals surface area (Å²) in [5.41, 5.74) is 43.2. The van der Waals surface area contributed by atoms with Gasteiger partial charge >= 0.3 is 0 Å². The van der Waals surface area contributed by atoms with Gasteiger partial charge in [-0.2, -0.15) is 0 Å². The Balaban J connectivity index is 5.87. The maximum absolute atomic E-state index is 13.7. The van der Waals surface area contributed by atoms with Gasteiger partial charge in [-0.15, -0.1) is 0 Å². The monoisotopic (exact) mass is 652 g/mol. The van der Waals surface area contributed by atoms with Gasteiger partial charge in [-0.25, -0.2) is 0 Å². The Bertz CT molecular complexity index is 1080. The molecule has 0 aliphatic rings.